The van der Waals surface area contributed by atoms with Crippen LogP contribution in [0, 0.1) is 5.82 Å². The number of hydrogen-bond acceptors (Lipinski definition) is 3. The predicted molar refractivity (Wildman–Crippen MR) is 62.4 cm³/mol. The number of halogens is 2. The van der Waals surface area contributed by atoms with E-state index in [9.17, 15) is 4.39 Å². The Balaban J connectivity index is 2.07. The van der Waals surface area contributed by atoms with E-state index in [4.69, 9.17) is 0 Å². The van der Waals surface area contributed by atoms with Crippen LogP contribution in [0.4, 0.5) is 10.1 Å². The number of anilines is 1. The molecule has 1 heterocycles. The number of rotatable bonds is 3. The molecule has 2 rings (SSSR count). The van der Waals surface area contributed by atoms with Gasteiger partial charge in [0.2, 0.25) is 0 Å². The molecule has 16 heavy (non-hydrogen) atoms. The Morgan fingerprint density at radius 3 is 3.00 bits per heavy atom. The van der Waals surface area contributed by atoms with Gasteiger partial charge in [-0.3, -0.25) is 4.68 Å². The number of aryl methyl sites for hydroxylation is 1. The zero-order valence-corrected chi connectivity index (χ0v) is 10.2. The van der Waals surface area contributed by atoms with Gasteiger partial charge in [-0.1, -0.05) is 5.21 Å². The van der Waals surface area contributed by atoms with Crippen LogP contribution in [0.3, 0.4) is 0 Å². The SMILES string of the molecule is Cn1cc(CNc2cc(F)ccc2Br)nn1. The van der Waals surface area contributed by atoms with Crippen molar-refractivity contribution in [2.75, 3.05) is 5.32 Å². The fraction of sp³-hybridized carbons (Fsp3) is 0.200. The Bertz CT molecular complexity index is 497. The van der Waals surface area contributed by atoms with Gasteiger partial charge < -0.3 is 5.32 Å². The highest BCUT2D eigenvalue weighted by Crippen LogP contribution is 2.23. The third-order valence-corrected chi connectivity index (χ3v) is 2.73. The second kappa shape index (κ2) is 4.61. The van der Waals surface area contributed by atoms with E-state index in [0.29, 0.717) is 12.2 Å². The number of hydrogen-bond donors (Lipinski definition) is 1. The number of nitrogens with one attached hydrogen (secondary N) is 1. The Hall–Kier alpha value is -1.43. The summed E-state index contributed by atoms with van der Waals surface area (Å²) in [6, 6.07) is 4.49. The molecule has 6 heteroatoms. The van der Waals surface area contributed by atoms with Gasteiger partial charge in [-0.15, -0.1) is 5.10 Å². The van der Waals surface area contributed by atoms with E-state index in [2.05, 4.69) is 31.6 Å². The summed E-state index contributed by atoms with van der Waals surface area (Å²) in [5.74, 6) is -0.273. The smallest absolute Gasteiger partial charge is 0.125 e. The van der Waals surface area contributed by atoms with E-state index < -0.39 is 0 Å². The topological polar surface area (TPSA) is 42.7 Å². The van der Waals surface area contributed by atoms with E-state index in [0.717, 1.165) is 10.2 Å². The lowest BCUT2D eigenvalue weighted by molar-refractivity contribution is 0.628. The highest BCUT2D eigenvalue weighted by atomic mass is 79.9. The minimum absolute atomic E-state index is 0.273. The van der Waals surface area contributed by atoms with E-state index in [1.54, 1.807) is 24.0 Å². The maximum Gasteiger partial charge on any atom is 0.125 e. The fourth-order valence-corrected chi connectivity index (χ4v) is 1.68. The van der Waals surface area contributed by atoms with Gasteiger partial charge in [-0.25, -0.2) is 4.39 Å². The normalized spacial score (nSPS) is 10.4. The lowest BCUT2D eigenvalue weighted by Gasteiger charge is -2.06. The minimum atomic E-state index is -0.273. The zero-order valence-electron chi connectivity index (χ0n) is 8.61. The van der Waals surface area contributed by atoms with Gasteiger partial charge in [0.15, 0.2) is 0 Å². The van der Waals surface area contributed by atoms with Gasteiger partial charge in [0.1, 0.15) is 11.5 Å². The minimum Gasteiger partial charge on any atom is -0.378 e. The maximum atomic E-state index is 13.0. The first-order valence-corrected chi connectivity index (χ1v) is 5.48. The van der Waals surface area contributed by atoms with Crippen molar-refractivity contribution >= 4 is 21.6 Å². The van der Waals surface area contributed by atoms with Crippen molar-refractivity contribution in [1.82, 2.24) is 15.0 Å². The molecule has 0 aliphatic carbocycles. The van der Waals surface area contributed by atoms with E-state index in [1.807, 2.05) is 0 Å². The Kier molecular flexibility index (Phi) is 3.19. The molecule has 0 spiro atoms. The van der Waals surface area contributed by atoms with Crippen molar-refractivity contribution in [3.8, 4) is 0 Å². The molecule has 0 saturated heterocycles. The van der Waals surface area contributed by atoms with Crippen molar-refractivity contribution < 1.29 is 4.39 Å². The maximum absolute atomic E-state index is 13.0. The van der Waals surface area contributed by atoms with E-state index in [-0.39, 0.29) is 5.82 Å². The molecular weight excluding hydrogens is 275 g/mol. The quantitative estimate of drug-likeness (QED) is 0.941. The Morgan fingerprint density at radius 1 is 1.50 bits per heavy atom. The molecule has 0 aliphatic rings. The van der Waals surface area contributed by atoms with Crippen LogP contribution in [0.1, 0.15) is 5.69 Å². The summed E-state index contributed by atoms with van der Waals surface area (Å²) in [6.45, 7) is 0.510. The fourth-order valence-electron chi connectivity index (χ4n) is 1.30. The monoisotopic (exact) mass is 284 g/mol. The van der Waals surface area contributed by atoms with Crippen molar-refractivity contribution in [1.29, 1.82) is 0 Å². The van der Waals surface area contributed by atoms with Crippen LogP contribution in [0.5, 0.6) is 0 Å². The summed E-state index contributed by atoms with van der Waals surface area (Å²) in [5.41, 5.74) is 1.50. The van der Waals surface area contributed by atoms with Crippen LogP contribution < -0.4 is 5.32 Å². The number of nitrogens with zero attached hydrogens (tertiary/aromatic N) is 3. The molecule has 4 nitrogen and oxygen atoms in total. The van der Waals surface area contributed by atoms with Gasteiger partial charge in [-0.05, 0) is 34.1 Å². The summed E-state index contributed by atoms with van der Waals surface area (Å²) in [4.78, 5) is 0. The largest absolute Gasteiger partial charge is 0.378 e. The predicted octanol–water partition coefficient (Wildman–Crippen LogP) is 2.33. The first kappa shape index (κ1) is 11.1. The molecule has 0 fully saturated rings. The van der Waals surface area contributed by atoms with E-state index >= 15 is 0 Å². The molecule has 0 amide bonds. The molecule has 0 saturated carbocycles. The molecule has 1 aromatic heterocycles. The van der Waals surface area contributed by atoms with Crippen molar-refractivity contribution in [2.45, 2.75) is 6.54 Å². The van der Waals surface area contributed by atoms with Crippen molar-refractivity contribution in [2.24, 2.45) is 7.05 Å². The van der Waals surface area contributed by atoms with Gasteiger partial charge in [0.05, 0.1) is 12.2 Å². The van der Waals surface area contributed by atoms with Crippen LogP contribution in [-0.4, -0.2) is 15.0 Å². The molecule has 0 bridgehead atoms. The van der Waals surface area contributed by atoms with Crippen LogP contribution >= 0.6 is 15.9 Å². The summed E-state index contributed by atoms with van der Waals surface area (Å²) in [6.07, 6.45) is 1.81. The summed E-state index contributed by atoms with van der Waals surface area (Å²) in [5, 5.41) is 10.8. The second-order valence-electron chi connectivity index (χ2n) is 3.36. The highest BCUT2D eigenvalue weighted by Gasteiger charge is 2.03. The summed E-state index contributed by atoms with van der Waals surface area (Å²) < 4.78 is 15.4. The zero-order chi connectivity index (χ0) is 11.5. The molecule has 2 aromatic rings. The standard InChI is InChI=1S/C10H10BrFN4/c1-16-6-8(14-15-16)5-13-10-4-7(12)2-3-9(10)11/h2-4,6,13H,5H2,1H3. The Labute approximate surface area is 101 Å². The number of aromatic nitrogens is 3. The van der Waals surface area contributed by atoms with Crippen molar-refractivity contribution in [3.05, 3.63) is 40.4 Å². The molecule has 0 aliphatic heterocycles. The molecule has 84 valence electrons. The van der Waals surface area contributed by atoms with Gasteiger partial charge in [0, 0.05) is 17.7 Å². The molecule has 0 unspecified atom stereocenters. The first-order valence-electron chi connectivity index (χ1n) is 4.69. The molecule has 1 N–H and O–H groups in total. The second-order valence-corrected chi connectivity index (χ2v) is 4.22. The van der Waals surface area contributed by atoms with Crippen LogP contribution in [-0.2, 0) is 13.6 Å². The number of benzene rings is 1. The lowest BCUT2D eigenvalue weighted by Crippen LogP contribution is -2.00. The Morgan fingerprint density at radius 2 is 2.31 bits per heavy atom. The lowest BCUT2D eigenvalue weighted by atomic mass is 10.3. The highest BCUT2D eigenvalue weighted by molar-refractivity contribution is 9.10. The van der Waals surface area contributed by atoms with Gasteiger partial charge in [-0.2, -0.15) is 0 Å². The average Bonchev–Trinajstić information content (AvgIpc) is 2.66. The summed E-state index contributed by atoms with van der Waals surface area (Å²) >= 11 is 3.34. The van der Waals surface area contributed by atoms with Crippen LogP contribution in [0.2, 0.25) is 0 Å². The summed E-state index contributed by atoms with van der Waals surface area (Å²) in [7, 11) is 1.80. The third kappa shape index (κ3) is 2.57. The molecule has 0 atom stereocenters. The molecular formula is C10H10BrFN4. The average molecular weight is 285 g/mol. The van der Waals surface area contributed by atoms with Crippen LogP contribution in [0.25, 0.3) is 0 Å². The van der Waals surface area contributed by atoms with Gasteiger partial charge in [0.25, 0.3) is 0 Å². The third-order valence-electron chi connectivity index (χ3n) is 2.04. The first-order chi connectivity index (χ1) is 7.65. The van der Waals surface area contributed by atoms with Crippen LogP contribution in [0.15, 0.2) is 28.9 Å². The van der Waals surface area contributed by atoms with Gasteiger partial charge >= 0.3 is 0 Å². The van der Waals surface area contributed by atoms with E-state index in [1.165, 1.54) is 12.1 Å². The molecule has 1 aromatic carbocycles. The molecule has 0 radical (unpaired) electrons. The van der Waals surface area contributed by atoms with Crippen molar-refractivity contribution in [3.63, 3.8) is 0 Å².